The summed E-state index contributed by atoms with van der Waals surface area (Å²) in [7, 11) is 0. The Morgan fingerprint density at radius 3 is 2.33 bits per heavy atom. The van der Waals surface area contributed by atoms with Crippen LogP contribution in [-0.4, -0.2) is 36.0 Å². The molecule has 0 aromatic rings. The van der Waals surface area contributed by atoms with Crippen molar-refractivity contribution in [2.45, 2.75) is 78.7 Å². The molecular weight excluding hydrogens is 226 g/mol. The Hall–Kier alpha value is -0.120. The second-order valence-electron chi connectivity index (χ2n) is 6.98. The van der Waals surface area contributed by atoms with Crippen molar-refractivity contribution in [2.75, 3.05) is 6.61 Å². The molecule has 1 aliphatic carbocycles. The summed E-state index contributed by atoms with van der Waals surface area (Å²) in [5.74, 6) is 0.599. The second-order valence-corrected chi connectivity index (χ2v) is 6.98. The number of nitrogens with one attached hydrogen (secondary N) is 1. The molecule has 0 aliphatic heterocycles. The van der Waals surface area contributed by atoms with Crippen molar-refractivity contribution in [3.05, 3.63) is 0 Å². The number of rotatable bonds is 7. The fourth-order valence-electron chi connectivity index (χ4n) is 2.68. The molecule has 0 aromatic heterocycles. The van der Waals surface area contributed by atoms with Gasteiger partial charge in [0, 0.05) is 24.1 Å². The Bertz CT molecular complexity index is 251. The minimum Gasteiger partial charge on any atom is -0.393 e. The summed E-state index contributed by atoms with van der Waals surface area (Å²) in [5.41, 5.74) is 0.196. The van der Waals surface area contributed by atoms with E-state index >= 15 is 0 Å². The average molecular weight is 257 g/mol. The maximum absolute atomic E-state index is 9.39. The maximum Gasteiger partial charge on any atom is 0.0656 e. The molecule has 1 fully saturated rings. The van der Waals surface area contributed by atoms with Crippen LogP contribution in [0.15, 0.2) is 0 Å². The van der Waals surface area contributed by atoms with Gasteiger partial charge in [0.1, 0.15) is 0 Å². The summed E-state index contributed by atoms with van der Waals surface area (Å²) in [6, 6.07) is 0.865. The summed E-state index contributed by atoms with van der Waals surface area (Å²) >= 11 is 0. The highest BCUT2D eigenvalue weighted by atomic mass is 16.5. The molecule has 108 valence electrons. The van der Waals surface area contributed by atoms with Gasteiger partial charge in [0.25, 0.3) is 0 Å². The van der Waals surface area contributed by atoms with Crippen molar-refractivity contribution < 1.29 is 9.84 Å². The van der Waals surface area contributed by atoms with Crippen molar-refractivity contribution in [3.8, 4) is 0 Å². The zero-order valence-electron chi connectivity index (χ0n) is 12.9. The Balaban J connectivity index is 2.34. The van der Waals surface area contributed by atoms with E-state index in [0.29, 0.717) is 24.1 Å². The molecule has 1 aliphatic rings. The molecule has 0 heterocycles. The first-order valence-electron chi connectivity index (χ1n) is 7.29. The van der Waals surface area contributed by atoms with Crippen molar-refractivity contribution in [2.24, 2.45) is 11.3 Å². The summed E-state index contributed by atoms with van der Waals surface area (Å²) in [5, 5.41) is 13.0. The highest BCUT2D eigenvalue weighted by Crippen LogP contribution is 2.43. The zero-order chi connectivity index (χ0) is 13.9. The van der Waals surface area contributed by atoms with Gasteiger partial charge in [-0.25, -0.2) is 0 Å². The van der Waals surface area contributed by atoms with Gasteiger partial charge in [-0.05, 0) is 32.6 Å². The summed E-state index contributed by atoms with van der Waals surface area (Å²) < 4.78 is 5.96. The van der Waals surface area contributed by atoms with Crippen LogP contribution in [0.5, 0.6) is 0 Å². The largest absolute Gasteiger partial charge is 0.393 e. The van der Waals surface area contributed by atoms with Crippen LogP contribution in [-0.2, 0) is 4.74 Å². The van der Waals surface area contributed by atoms with Crippen LogP contribution >= 0.6 is 0 Å². The normalized spacial score (nSPS) is 30.0. The van der Waals surface area contributed by atoms with E-state index < -0.39 is 0 Å². The first-order chi connectivity index (χ1) is 8.23. The summed E-state index contributed by atoms with van der Waals surface area (Å²) in [6.45, 7) is 13.8. The maximum atomic E-state index is 9.39. The number of hydrogen-bond acceptors (Lipinski definition) is 3. The van der Waals surface area contributed by atoms with Gasteiger partial charge in [0.05, 0.1) is 12.2 Å². The van der Waals surface area contributed by atoms with Gasteiger partial charge in [-0.3, -0.25) is 0 Å². The van der Waals surface area contributed by atoms with Crippen LogP contribution < -0.4 is 5.32 Å². The molecule has 0 saturated heterocycles. The fourth-order valence-corrected chi connectivity index (χ4v) is 2.68. The van der Waals surface area contributed by atoms with Crippen LogP contribution in [0.2, 0.25) is 0 Å². The van der Waals surface area contributed by atoms with Crippen LogP contribution in [0, 0.1) is 11.3 Å². The lowest BCUT2D eigenvalue weighted by atomic mass is 9.64. The molecule has 1 saturated carbocycles. The standard InChI is InChI=1S/C15H31NO2/c1-10(2)9-18-14-8-13(15(14,5)6)16-11(3)7-12(4)17/h10-14,16-17H,7-9H2,1-6H3. The molecular formula is C15H31NO2. The van der Waals surface area contributed by atoms with Crippen molar-refractivity contribution in [1.82, 2.24) is 5.32 Å². The Morgan fingerprint density at radius 2 is 1.89 bits per heavy atom. The van der Waals surface area contributed by atoms with E-state index in [9.17, 15) is 5.11 Å². The highest BCUT2D eigenvalue weighted by Gasteiger charge is 2.49. The molecule has 0 amide bonds. The van der Waals surface area contributed by atoms with Gasteiger partial charge < -0.3 is 15.2 Å². The summed E-state index contributed by atoms with van der Waals surface area (Å²) in [4.78, 5) is 0. The van der Waals surface area contributed by atoms with Gasteiger partial charge >= 0.3 is 0 Å². The van der Waals surface area contributed by atoms with Gasteiger partial charge in [0.2, 0.25) is 0 Å². The van der Waals surface area contributed by atoms with Crippen molar-refractivity contribution in [3.63, 3.8) is 0 Å². The quantitative estimate of drug-likeness (QED) is 0.736. The van der Waals surface area contributed by atoms with E-state index in [1.54, 1.807) is 0 Å². The smallest absolute Gasteiger partial charge is 0.0656 e. The van der Waals surface area contributed by atoms with Crippen LogP contribution in [0.4, 0.5) is 0 Å². The van der Waals surface area contributed by atoms with Crippen molar-refractivity contribution >= 4 is 0 Å². The van der Waals surface area contributed by atoms with Crippen LogP contribution in [0.25, 0.3) is 0 Å². The van der Waals surface area contributed by atoms with Gasteiger partial charge in [-0.15, -0.1) is 0 Å². The lowest BCUT2D eigenvalue weighted by Gasteiger charge is -2.53. The van der Waals surface area contributed by atoms with Gasteiger partial charge in [0.15, 0.2) is 0 Å². The molecule has 4 atom stereocenters. The topological polar surface area (TPSA) is 41.5 Å². The van der Waals surface area contributed by atoms with E-state index in [-0.39, 0.29) is 11.5 Å². The first kappa shape index (κ1) is 15.9. The monoisotopic (exact) mass is 257 g/mol. The lowest BCUT2D eigenvalue weighted by molar-refractivity contribution is -0.126. The molecule has 4 unspecified atom stereocenters. The molecule has 0 bridgehead atoms. The highest BCUT2D eigenvalue weighted by molar-refractivity contribution is 5.03. The zero-order valence-corrected chi connectivity index (χ0v) is 12.9. The number of aliphatic hydroxyl groups excluding tert-OH is 1. The Kier molecular flexibility index (Phi) is 5.63. The number of ether oxygens (including phenoxy) is 1. The molecule has 18 heavy (non-hydrogen) atoms. The van der Waals surface area contributed by atoms with E-state index in [4.69, 9.17) is 4.74 Å². The van der Waals surface area contributed by atoms with Crippen LogP contribution in [0.3, 0.4) is 0 Å². The Morgan fingerprint density at radius 1 is 1.28 bits per heavy atom. The average Bonchev–Trinajstić information content (AvgIpc) is 2.20. The molecule has 0 aromatic carbocycles. The molecule has 1 rings (SSSR count). The van der Waals surface area contributed by atoms with E-state index in [0.717, 1.165) is 19.4 Å². The van der Waals surface area contributed by atoms with Gasteiger partial charge in [-0.1, -0.05) is 27.7 Å². The Labute approximate surface area is 112 Å². The third kappa shape index (κ3) is 4.22. The van der Waals surface area contributed by atoms with E-state index in [1.165, 1.54) is 0 Å². The SMILES string of the molecule is CC(C)COC1CC(NC(C)CC(C)O)C1(C)C. The molecule has 2 N–H and O–H groups in total. The van der Waals surface area contributed by atoms with Gasteiger partial charge in [-0.2, -0.15) is 0 Å². The van der Waals surface area contributed by atoms with E-state index in [2.05, 4.69) is 39.9 Å². The molecule has 3 nitrogen and oxygen atoms in total. The third-order valence-corrected chi connectivity index (χ3v) is 3.99. The summed E-state index contributed by atoms with van der Waals surface area (Å²) in [6.07, 6.45) is 2.04. The fraction of sp³-hybridized carbons (Fsp3) is 1.00. The number of aliphatic hydroxyl groups is 1. The predicted molar refractivity (Wildman–Crippen MR) is 75.7 cm³/mol. The number of hydrogen-bond donors (Lipinski definition) is 2. The van der Waals surface area contributed by atoms with Crippen molar-refractivity contribution in [1.29, 1.82) is 0 Å². The molecule has 0 spiro atoms. The van der Waals surface area contributed by atoms with Crippen LogP contribution in [0.1, 0.15) is 54.4 Å². The first-order valence-corrected chi connectivity index (χ1v) is 7.29. The minimum atomic E-state index is -0.233. The van der Waals surface area contributed by atoms with E-state index in [1.807, 2.05) is 6.92 Å². The molecule has 3 heteroatoms. The lowest BCUT2D eigenvalue weighted by Crippen LogP contribution is -2.62. The predicted octanol–water partition coefficient (Wildman–Crippen LogP) is 2.58. The second kappa shape index (κ2) is 6.36. The molecule has 0 radical (unpaired) electrons. The third-order valence-electron chi connectivity index (χ3n) is 3.99. The minimum absolute atomic E-state index is 0.196.